The van der Waals surface area contributed by atoms with E-state index in [1.165, 1.54) is 37.7 Å². The van der Waals surface area contributed by atoms with Gasteiger partial charge in [0.1, 0.15) is 0 Å². The molecule has 1 saturated carbocycles. The zero-order chi connectivity index (χ0) is 13.5. The van der Waals surface area contributed by atoms with E-state index in [4.69, 9.17) is 12.2 Å². The minimum Gasteiger partial charge on any atom is -0.362 e. The molecule has 0 heterocycles. The Labute approximate surface area is 122 Å². The van der Waals surface area contributed by atoms with Crippen molar-refractivity contribution in [2.45, 2.75) is 45.4 Å². The molecule has 0 radical (unpaired) electrons. The molecule has 1 aromatic rings. The predicted molar refractivity (Wildman–Crippen MR) is 86.6 cm³/mol. The molecule has 19 heavy (non-hydrogen) atoms. The van der Waals surface area contributed by atoms with E-state index in [1.807, 2.05) is 0 Å². The predicted octanol–water partition coefficient (Wildman–Crippen LogP) is 4.12. The van der Waals surface area contributed by atoms with Gasteiger partial charge in [-0.1, -0.05) is 38.3 Å². The summed E-state index contributed by atoms with van der Waals surface area (Å²) in [5.74, 6) is 0.802. The molecule has 2 rings (SSSR count). The van der Waals surface area contributed by atoms with Crippen LogP contribution in [0.5, 0.6) is 0 Å². The number of aryl methyl sites for hydroxylation is 1. The summed E-state index contributed by atoms with van der Waals surface area (Å²) in [5.41, 5.74) is 2.42. The third-order valence-corrected chi connectivity index (χ3v) is 4.14. The molecule has 2 nitrogen and oxygen atoms in total. The van der Waals surface area contributed by atoms with E-state index in [0.29, 0.717) is 0 Å². The molecule has 0 aliphatic heterocycles. The second-order valence-electron chi connectivity index (χ2n) is 5.39. The van der Waals surface area contributed by atoms with Gasteiger partial charge in [0, 0.05) is 12.2 Å². The fourth-order valence-electron chi connectivity index (χ4n) is 2.63. The van der Waals surface area contributed by atoms with Crippen molar-refractivity contribution in [1.29, 1.82) is 0 Å². The van der Waals surface area contributed by atoms with E-state index in [1.54, 1.807) is 0 Å². The number of rotatable bonds is 4. The van der Waals surface area contributed by atoms with Crippen molar-refractivity contribution in [2.75, 3.05) is 11.9 Å². The molecule has 104 valence electrons. The molecule has 0 aromatic heterocycles. The third-order valence-electron chi connectivity index (χ3n) is 3.90. The van der Waals surface area contributed by atoms with Crippen LogP contribution >= 0.6 is 12.2 Å². The highest BCUT2D eigenvalue weighted by Gasteiger charge is 2.13. The molecule has 0 unspecified atom stereocenters. The van der Waals surface area contributed by atoms with E-state index >= 15 is 0 Å². The first-order valence-electron chi connectivity index (χ1n) is 7.41. The van der Waals surface area contributed by atoms with E-state index in [9.17, 15) is 0 Å². The van der Waals surface area contributed by atoms with Gasteiger partial charge < -0.3 is 10.6 Å². The van der Waals surface area contributed by atoms with Crippen molar-refractivity contribution in [1.82, 2.24) is 5.32 Å². The van der Waals surface area contributed by atoms with Crippen LogP contribution in [0.1, 0.15) is 44.6 Å². The van der Waals surface area contributed by atoms with E-state index in [2.05, 4.69) is 41.8 Å². The normalized spacial score (nSPS) is 16.1. The van der Waals surface area contributed by atoms with Gasteiger partial charge in [-0.2, -0.15) is 0 Å². The lowest BCUT2D eigenvalue weighted by Gasteiger charge is -2.22. The van der Waals surface area contributed by atoms with Gasteiger partial charge in [0.25, 0.3) is 0 Å². The monoisotopic (exact) mass is 276 g/mol. The Bertz CT molecular complexity index is 394. The molecule has 1 aliphatic rings. The largest absolute Gasteiger partial charge is 0.362 e. The fourth-order valence-corrected chi connectivity index (χ4v) is 2.83. The van der Waals surface area contributed by atoms with Gasteiger partial charge in [0.05, 0.1) is 0 Å². The van der Waals surface area contributed by atoms with Gasteiger partial charge >= 0.3 is 0 Å². The SMILES string of the molecule is CCc1ccc(NC(=S)NCC2CCCCC2)cc1. The topological polar surface area (TPSA) is 24.1 Å². The summed E-state index contributed by atoms with van der Waals surface area (Å²) in [6, 6.07) is 8.47. The van der Waals surface area contributed by atoms with Gasteiger partial charge in [-0.3, -0.25) is 0 Å². The average Bonchev–Trinajstić information content (AvgIpc) is 2.47. The first kappa shape index (κ1) is 14.3. The van der Waals surface area contributed by atoms with Gasteiger partial charge in [0.15, 0.2) is 5.11 Å². The molecule has 0 amide bonds. The Morgan fingerprint density at radius 3 is 2.47 bits per heavy atom. The summed E-state index contributed by atoms with van der Waals surface area (Å²) >= 11 is 5.34. The van der Waals surface area contributed by atoms with Crippen molar-refractivity contribution >= 4 is 23.0 Å². The quantitative estimate of drug-likeness (QED) is 0.809. The molecule has 1 aromatic carbocycles. The van der Waals surface area contributed by atoms with Crippen LogP contribution in [-0.4, -0.2) is 11.7 Å². The van der Waals surface area contributed by atoms with Gasteiger partial charge in [0.2, 0.25) is 0 Å². The Morgan fingerprint density at radius 2 is 1.84 bits per heavy atom. The van der Waals surface area contributed by atoms with E-state index in [-0.39, 0.29) is 0 Å². The minimum atomic E-state index is 0.745. The second kappa shape index (κ2) is 7.49. The Hall–Kier alpha value is -1.09. The Morgan fingerprint density at radius 1 is 1.16 bits per heavy atom. The highest BCUT2D eigenvalue weighted by Crippen LogP contribution is 2.22. The van der Waals surface area contributed by atoms with Crippen LogP contribution in [-0.2, 0) is 6.42 Å². The summed E-state index contributed by atoms with van der Waals surface area (Å²) in [4.78, 5) is 0. The maximum atomic E-state index is 5.34. The summed E-state index contributed by atoms with van der Waals surface area (Å²) in [7, 11) is 0. The lowest BCUT2D eigenvalue weighted by molar-refractivity contribution is 0.357. The van der Waals surface area contributed by atoms with Crippen LogP contribution in [0.2, 0.25) is 0 Å². The molecular weight excluding hydrogens is 252 g/mol. The number of benzene rings is 1. The zero-order valence-electron chi connectivity index (χ0n) is 11.7. The zero-order valence-corrected chi connectivity index (χ0v) is 12.6. The molecule has 0 saturated heterocycles. The van der Waals surface area contributed by atoms with Gasteiger partial charge in [-0.15, -0.1) is 0 Å². The summed E-state index contributed by atoms with van der Waals surface area (Å²) in [6.45, 7) is 3.18. The Balaban J connectivity index is 1.73. The van der Waals surface area contributed by atoms with Crippen LogP contribution in [0, 0.1) is 5.92 Å². The lowest BCUT2D eigenvalue weighted by atomic mass is 9.89. The van der Waals surface area contributed by atoms with Crippen molar-refractivity contribution in [3.63, 3.8) is 0 Å². The third kappa shape index (κ3) is 4.83. The highest BCUT2D eigenvalue weighted by molar-refractivity contribution is 7.80. The second-order valence-corrected chi connectivity index (χ2v) is 5.80. The maximum absolute atomic E-state index is 5.34. The minimum absolute atomic E-state index is 0.745. The number of thiocarbonyl (C=S) groups is 1. The summed E-state index contributed by atoms with van der Waals surface area (Å²) < 4.78 is 0. The van der Waals surface area contributed by atoms with Crippen molar-refractivity contribution in [3.05, 3.63) is 29.8 Å². The molecular formula is C16H24N2S. The summed E-state index contributed by atoms with van der Waals surface area (Å²) in [5, 5.41) is 7.35. The summed E-state index contributed by atoms with van der Waals surface area (Å²) in [6.07, 6.45) is 7.94. The van der Waals surface area contributed by atoms with Crippen LogP contribution in [0.4, 0.5) is 5.69 Å². The van der Waals surface area contributed by atoms with E-state index in [0.717, 1.165) is 29.7 Å². The molecule has 0 atom stereocenters. The van der Waals surface area contributed by atoms with Crippen molar-refractivity contribution in [3.8, 4) is 0 Å². The molecule has 3 heteroatoms. The number of hydrogen-bond donors (Lipinski definition) is 2. The standard InChI is InChI=1S/C16H24N2S/c1-2-13-8-10-15(11-9-13)18-16(19)17-12-14-6-4-3-5-7-14/h8-11,14H,2-7,12H2,1H3,(H2,17,18,19). The highest BCUT2D eigenvalue weighted by atomic mass is 32.1. The van der Waals surface area contributed by atoms with Gasteiger partial charge in [-0.25, -0.2) is 0 Å². The fraction of sp³-hybridized carbons (Fsp3) is 0.562. The molecule has 1 fully saturated rings. The van der Waals surface area contributed by atoms with Crippen molar-refractivity contribution in [2.24, 2.45) is 5.92 Å². The Kier molecular flexibility index (Phi) is 5.64. The van der Waals surface area contributed by atoms with Gasteiger partial charge in [-0.05, 0) is 55.1 Å². The average molecular weight is 276 g/mol. The molecule has 0 bridgehead atoms. The van der Waals surface area contributed by atoms with Crippen LogP contribution in [0.15, 0.2) is 24.3 Å². The van der Waals surface area contributed by atoms with Crippen molar-refractivity contribution < 1.29 is 0 Å². The van der Waals surface area contributed by atoms with Crippen LogP contribution in [0.3, 0.4) is 0 Å². The number of hydrogen-bond acceptors (Lipinski definition) is 1. The molecule has 1 aliphatic carbocycles. The first-order valence-corrected chi connectivity index (χ1v) is 7.82. The van der Waals surface area contributed by atoms with E-state index < -0.39 is 0 Å². The molecule has 2 N–H and O–H groups in total. The van der Waals surface area contributed by atoms with Crippen LogP contribution < -0.4 is 10.6 Å². The first-order chi connectivity index (χ1) is 9.28. The number of anilines is 1. The number of nitrogens with one attached hydrogen (secondary N) is 2. The lowest BCUT2D eigenvalue weighted by Crippen LogP contribution is -2.33. The maximum Gasteiger partial charge on any atom is 0.170 e. The van der Waals surface area contributed by atoms with Crippen LogP contribution in [0.25, 0.3) is 0 Å². The smallest absolute Gasteiger partial charge is 0.170 e. The molecule has 0 spiro atoms.